The summed E-state index contributed by atoms with van der Waals surface area (Å²) in [6.45, 7) is 5.69. The minimum absolute atomic E-state index is 0.0476. The fraction of sp³-hybridized carbons (Fsp3) is 0.500. The molecular formula is C14H20N2O2. The SMILES string of the molecule is CNC(=O)c1ccc(CNCC2(C)COC2)cc1. The summed E-state index contributed by atoms with van der Waals surface area (Å²) in [6.07, 6.45) is 0. The predicted octanol–water partition coefficient (Wildman–Crippen LogP) is 1.17. The lowest BCUT2D eigenvalue weighted by atomic mass is 9.89. The Kier molecular flexibility index (Phi) is 3.99. The second-order valence-electron chi connectivity index (χ2n) is 5.18. The van der Waals surface area contributed by atoms with Gasteiger partial charge < -0.3 is 15.4 Å². The molecule has 1 amide bonds. The number of amides is 1. The number of rotatable bonds is 5. The number of carbonyl (C=O) groups excluding carboxylic acids is 1. The van der Waals surface area contributed by atoms with E-state index in [1.54, 1.807) is 7.05 Å². The van der Waals surface area contributed by atoms with Crippen LogP contribution in [0.1, 0.15) is 22.8 Å². The van der Waals surface area contributed by atoms with Crippen LogP contribution in [-0.2, 0) is 11.3 Å². The van der Waals surface area contributed by atoms with Gasteiger partial charge in [-0.2, -0.15) is 0 Å². The zero-order chi connectivity index (χ0) is 13.0. The summed E-state index contributed by atoms with van der Waals surface area (Å²) in [5.74, 6) is -0.0476. The van der Waals surface area contributed by atoms with Gasteiger partial charge in [-0.05, 0) is 17.7 Å². The third kappa shape index (κ3) is 3.09. The topological polar surface area (TPSA) is 50.4 Å². The fourth-order valence-electron chi connectivity index (χ4n) is 1.98. The van der Waals surface area contributed by atoms with Crippen molar-refractivity contribution in [2.45, 2.75) is 13.5 Å². The van der Waals surface area contributed by atoms with Gasteiger partial charge in [0.25, 0.3) is 5.91 Å². The largest absolute Gasteiger partial charge is 0.380 e. The van der Waals surface area contributed by atoms with Gasteiger partial charge in [0.05, 0.1) is 13.2 Å². The van der Waals surface area contributed by atoms with Gasteiger partial charge in [0.2, 0.25) is 0 Å². The van der Waals surface area contributed by atoms with Crippen molar-refractivity contribution in [1.29, 1.82) is 0 Å². The molecule has 18 heavy (non-hydrogen) atoms. The van der Waals surface area contributed by atoms with Crippen molar-refractivity contribution in [2.24, 2.45) is 5.41 Å². The zero-order valence-electron chi connectivity index (χ0n) is 11.0. The lowest BCUT2D eigenvalue weighted by Crippen LogP contribution is -2.47. The molecule has 1 aliphatic heterocycles. The van der Waals surface area contributed by atoms with Gasteiger partial charge in [0, 0.05) is 31.1 Å². The quantitative estimate of drug-likeness (QED) is 0.822. The number of hydrogen-bond donors (Lipinski definition) is 2. The Morgan fingerprint density at radius 2 is 2.00 bits per heavy atom. The Morgan fingerprint density at radius 3 is 2.50 bits per heavy atom. The average Bonchev–Trinajstić information content (AvgIpc) is 2.36. The third-order valence-electron chi connectivity index (χ3n) is 3.23. The molecule has 2 rings (SSSR count). The molecule has 0 spiro atoms. The Hall–Kier alpha value is -1.39. The van der Waals surface area contributed by atoms with Crippen molar-refractivity contribution in [1.82, 2.24) is 10.6 Å². The van der Waals surface area contributed by atoms with Crippen LogP contribution in [0.3, 0.4) is 0 Å². The van der Waals surface area contributed by atoms with Crippen molar-refractivity contribution in [3.8, 4) is 0 Å². The van der Waals surface area contributed by atoms with E-state index in [4.69, 9.17) is 4.74 Å². The van der Waals surface area contributed by atoms with Crippen molar-refractivity contribution < 1.29 is 9.53 Å². The second kappa shape index (κ2) is 5.50. The molecule has 0 radical (unpaired) electrons. The van der Waals surface area contributed by atoms with Gasteiger partial charge in [-0.25, -0.2) is 0 Å². The molecule has 1 aliphatic rings. The van der Waals surface area contributed by atoms with Gasteiger partial charge >= 0.3 is 0 Å². The maximum Gasteiger partial charge on any atom is 0.251 e. The van der Waals surface area contributed by atoms with Crippen LogP contribution < -0.4 is 10.6 Å². The van der Waals surface area contributed by atoms with Gasteiger partial charge in [0.1, 0.15) is 0 Å². The number of hydrogen-bond acceptors (Lipinski definition) is 3. The molecule has 2 N–H and O–H groups in total. The van der Waals surface area contributed by atoms with Crippen molar-refractivity contribution >= 4 is 5.91 Å². The smallest absolute Gasteiger partial charge is 0.251 e. The van der Waals surface area contributed by atoms with Gasteiger partial charge in [-0.1, -0.05) is 19.1 Å². The van der Waals surface area contributed by atoms with Crippen molar-refractivity contribution in [3.05, 3.63) is 35.4 Å². The van der Waals surface area contributed by atoms with E-state index in [-0.39, 0.29) is 5.91 Å². The van der Waals surface area contributed by atoms with Crippen LogP contribution in [0.5, 0.6) is 0 Å². The number of carbonyl (C=O) groups is 1. The van der Waals surface area contributed by atoms with E-state index in [1.165, 1.54) is 5.56 Å². The molecule has 1 fully saturated rings. The van der Waals surface area contributed by atoms with E-state index < -0.39 is 0 Å². The highest BCUT2D eigenvalue weighted by Gasteiger charge is 2.32. The van der Waals surface area contributed by atoms with Crippen LogP contribution in [0.4, 0.5) is 0 Å². The van der Waals surface area contributed by atoms with E-state index in [9.17, 15) is 4.79 Å². The van der Waals surface area contributed by atoms with Crippen LogP contribution in [0, 0.1) is 5.41 Å². The lowest BCUT2D eigenvalue weighted by molar-refractivity contribution is -0.0991. The van der Waals surface area contributed by atoms with Crippen LogP contribution in [-0.4, -0.2) is 32.7 Å². The molecule has 0 aliphatic carbocycles. The number of nitrogens with one attached hydrogen (secondary N) is 2. The summed E-state index contributed by atoms with van der Waals surface area (Å²) in [6, 6.07) is 7.67. The van der Waals surface area contributed by atoms with Crippen LogP contribution in [0.25, 0.3) is 0 Å². The normalized spacial score (nSPS) is 17.0. The van der Waals surface area contributed by atoms with Gasteiger partial charge in [-0.15, -0.1) is 0 Å². The Balaban J connectivity index is 1.81. The molecule has 4 nitrogen and oxygen atoms in total. The van der Waals surface area contributed by atoms with E-state index in [0.29, 0.717) is 11.0 Å². The summed E-state index contributed by atoms with van der Waals surface area (Å²) in [5, 5.41) is 6.04. The van der Waals surface area contributed by atoms with Gasteiger partial charge in [0.15, 0.2) is 0 Å². The molecule has 98 valence electrons. The fourth-order valence-corrected chi connectivity index (χ4v) is 1.98. The molecule has 4 heteroatoms. The summed E-state index contributed by atoms with van der Waals surface area (Å²) in [7, 11) is 1.64. The summed E-state index contributed by atoms with van der Waals surface area (Å²) >= 11 is 0. The van der Waals surface area contributed by atoms with Crippen LogP contribution in [0.15, 0.2) is 24.3 Å². The van der Waals surface area contributed by atoms with E-state index in [2.05, 4.69) is 17.6 Å². The summed E-state index contributed by atoms with van der Waals surface area (Å²) < 4.78 is 5.21. The molecule has 1 saturated heterocycles. The minimum atomic E-state index is -0.0476. The lowest BCUT2D eigenvalue weighted by Gasteiger charge is -2.38. The van der Waals surface area contributed by atoms with Crippen LogP contribution >= 0.6 is 0 Å². The van der Waals surface area contributed by atoms with Crippen molar-refractivity contribution in [3.63, 3.8) is 0 Å². The van der Waals surface area contributed by atoms with E-state index in [0.717, 1.165) is 26.3 Å². The molecule has 0 saturated carbocycles. The monoisotopic (exact) mass is 248 g/mol. The second-order valence-corrected chi connectivity index (χ2v) is 5.18. The first-order valence-electron chi connectivity index (χ1n) is 6.22. The first-order chi connectivity index (χ1) is 8.63. The van der Waals surface area contributed by atoms with E-state index >= 15 is 0 Å². The highest BCUT2D eigenvalue weighted by molar-refractivity contribution is 5.93. The summed E-state index contributed by atoms with van der Waals surface area (Å²) in [5.41, 5.74) is 2.18. The number of benzene rings is 1. The Labute approximate surface area is 108 Å². The van der Waals surface area contributed by atoms with Gasteiger partial charge in [-0.3, -0.25) is 4.79 Å². The predicted molar refractivity (Wildman–Crippen MR) is 70.5 cm³/mol. The van der Waals surface area contributed by atoms with Crippen LogP contribution in [0.2, 0.25) is 0 Å². The minimum Gasteiger partial charge on any atom is -0.380 e. The number of ether oxygens (including phenoxy) is 1. The molecule has 0 atom stereocenters. The molecule has 1 aromatic rings. The molecule has 1 heterocycles. The first kappa shape index (κ1) is 13.1. The highest BCUT2D eigenvalue weighted by Crippen LogP contribution is 2.25. The molecule has 0 bridgehead atoms. The average molecular weight is 248 g/mol. The standard InChI is InChI=1S/C14H20N2O2/c1-14(9-18-10-14)8-16-7-11-3-5-12(6-4-11)13(17)15-2/h3-6,16H,7-10H2,1-2H3,(H,15,17). The Bertz CT molecular complexity index is 410. The van der Waals surface area contributed by atoms with E-state index in [1.807, 2.05) is 24.3 Å². The third-order valence-corrected chi connectivity index (χ3v) is 3.23. The molecule has 0 unspecified atom stereocenters. The highest BCUT2D eigenvalue weighted by atomic mass is 16.5. The maximum absolute atomic E-state index is 11.4. The maximum atomic E-state index is 11.4. The molecule has 1 aromatic carbocycles. The molecular weight excluding hydrogens is 228 g/mol. The first-order valence-corrected chi connectivity index (χ1v) is 6.22. The van der Waals surface area contributed by atoms with Crippen molar-refractivity contribution in [2.75, 3.05) is 26.8 Å². The zero-order valence-corrected chi connectivity index (χ0v) is 11.0. The molecule has 0 aromatic heterocycles. The Morgan fingerprint density at radius 1 is 1.33 bits per heavy atom. The summed E-state index contributed by atoms with van der Waals surface area (Å²) in [4.78, 5) is 11.4.